The van der Waals surface area contributed by atoms with Crippen LogP contribution in [0.15, 0.2) is 0 Å². The van der Waals surface area contributed by atoms with Crippen LogP contribution in [0.5, 0.6) is 0 Å². The molecule has 6 atom stereocenters. The number of rotatable bonds is 8. The first-order valence-corrected chi connectivity index (χ1v) is 11.8. The third-order valence-corrected chi connectivity index (χ3v) is 7.69. The number of aliphatic hydroxyl groups is 2. The van der Waals surface area contributed by atoms with Crippen molar-refractivity contribution >= 4 is 18.2 Å². The minimum atomic E-state index is -3.98. The normalized spacial score (nSPS) is 45.8. The number of methoxy groups -OCH3 is 1. The Balaban J connectivity index is 1.97. The Morgan fingerprint density at radius 1 is 1.38 bits per heavy atom. The fourth-order valence-corrected chi connectivity index (χ4v) is 5.06. The first-order chi connectivity index (χ1) is 12.0. The Morgan fingerprint density at radius 2 is 2.00 bits per heavy atom. The lowest BCUT2D eigenvalue weighted by Gasteiger charge is -2.52. The van der Waals surface area contributed by atoms with Gasteiger partial charge < -0.3 is 35.1 Å². The van der Waals surface area contributed by atoms with Crippen molar-refractivity contribution in [3.05, 3.63) is 0 Å². The molecule has 11 heteroatoms. The van der Waals surface area contributed by atoms with Crippen molar-refractivity contribution in [2.45, 2.75) is 62.9 Å². The molecule has 1 aliphatic heterocycles. The van der Waals surface area contributed by atoms with Crippen molar-refractivity contribution in [1.82, 2.24) is 0 Å². The molecule has 0 aromatic heterocycles. The minimum absolute atomic E-state index is 0.0967. The summed E-state index contributed by atoms with van der Waals surface area (Å²) < 4.78 is 33.7. The van der Waals surface area contributed by atoms with Crippen LogP contribution in [0.1, 0.15) is 26.7 Å². The van der Waals surface area contributed by atoms with Crippen molar-refractivity contribution < 1.29 is 38.4 Å². The molecule has 0 aromatic carbocycles. The summed E-state index contributed by atoms with van der Waals surface area (Å²) in [4.78, 5) is 9.64. The Hall–Kier alpha value is 0.260. The highest BCUT2D eigenvalue weighted by Gasteiger charge is 2.51. The molecule has 26 heavy (non-hydrogen) atoms. The topological polar surface area (TPSA) is 141 Å². The van der Waals surface area contributed by atoms with E-state index in [-0.39, 0.29) is 11.0 Å². The van der Waals surface area contributed by atoms with Crippen LogP contribution in [0.4, 0.5) is 0 Å². The van der Waals surface area contributed by atoms with Crippen LogP contribution in [0, 0.1) is 5.41 Å². The quantitative estimate of drug-likeness (QED) is 0.413. The molecule has 1 aliphatic carbocycles. The highest BCUT2D eigenvalue weighted by Crippen LogP contribution is 2.56. The maximum absolute atomic E-state index is 11.8. The summed E-state index contributed by atoms with van der Waals surface area (Å²) >= 11 is 0.620. The first kappa shape index (κ1) is 22.5. The number of ether oxygens (including phenoxy) is 3. The Morgan fingerprint density at radius 3 is 2.50 bits per heavy atom. The summed E-state index contributed by atoms with van der Waals surface area (Å²) in [7, 11) is 1.68. The van der Waals surface area contributed by atoms with Crippen molar-refractivity contribution in [2.75, 3.05) is 26.6 Å². The van der Waals surface area contributed by atoms with Crippen LogP contribution in [-0.4, -0.2) is 77.9 Å². The zero-order valence-electron chi connectivity index (χ0n) is 15.5. The highest BCUT2D eigenvalue weighted by atomic mass is 32.7. The van der Waals surface area contributed by atoms with E-state index in [1.54, 1.807) is 7.11 Å². The van der Waals surface area contributed by atoms with E-state index in [1.165, 1.54) is 6.26 Å². The predicted octanol–water partition coefficient (Wildman–Crippen LogP) is 0.462. The van der Waals surface area contributed by atoms with E-state index < -0.39 is 44.0 Å². The van der Waals surface area contributed by atoms with Gasteiger partial charge >= 0.3 is 6.80 Å². The van der Waals surface area contributed by atoms with Crippen molar-refractivity contribution in [1.29, 1.82) is 0 Å². The molecule has 2 rings (SSSR count). The van der Waals surface area contributed by atoms with Crippen LogP contribution in [-0.2, 0) is 23.3 Å². The van der Waals surface area contributed by atoms with Crippen molar-refractivity contribution in [3.63, 3.8) is 0 Å². The minimum Gasteiger partial charge on any atom is -0.394 e. The van der Waals surface area contributed by atoms with Gasteiger partial charge in [0, 0.05) is 7.11 Å². The number of aliphatic hydroxyl groups excluding tert-OH is 2. The third-order valence-electron chi connectivity index (χ3n) is 5.08. The van der Waals surface area contributed by atoms with Crippen LogP contribution in [0.2, 0.25) is 0 Å². The number of hydrogen-bond acceptors (Lipinski definition) is 9. The van der Waals surface area contributed by atoms with Crippen LogP contribution in [0.25, 0.3) is 0 Å². The van der Waals surface area contributed by atoms with Gasteiger partial charge in [0.05, 0.1) is 24.9 Å². The monoisotopic (exact) mass is 415 g/mol. The lowest BCUT2D eigenvalue weighted by atomic mass is 9.61. The van der Waals surface area contributed by atoms with Gasteiger partial charge in [0.2, 0.25) is 0 Å². The van der Waals surface area contributed by atoms with Gasteiger partial charge in [-0.05, 0) is 42.8 Å². The molecule has 1 saturated heterocycles. The van der Waals surface area contributed by atoms with Gasteiger partial charge in [0.1, 0.15) is 18.3 Å². The smallest absolute Gasteiger partial charge is 0.386 e. The van der Waals surface area contributed by atoms with Gasteiger partial charge in [-0.3, -0.25) is 4.52 Å². The lowest BCUT2D eigenvalue weighted by Crippen LogP contribution is -2.63. The zero-order chi connectivity index (χ0) is 19.8. The molecule has 2 fully saturated rings. The zero-order valence-corrected chi connectivity index (χ0v) is 17.2. The van der Waals surface area contributed by atoms with E-state index in [4.69, 9.17) is 24.5 Å². The van der Waals surface area contributed by atoms with Crippen LogP contribution < -0.4 is 5.73 Å². The summed E-state index contributed by atoms with van der Waals surface area (Å²) in [6, 6.07) is -0.984. The molecule has 0 aromatic rings. The summed E-state index contributed by atoms with van der Waals surface area (Å²) in [5.41, 5.74) is 5.73. The maximum atomic E-state index is 11.8. The highest BCUT2D eigenvalue weighted by molar-refractivity contribution is 8.54. The molecule has 5 N–H and O–H groups in total. The Kier molecular flexibility index (Phi) is 7.22. The SMILES string of the molecule is COC1(C)CC(C)(COC2OC(CO)C(OP(=O)(O)SC)C(O)C2N)C1. The average Bonchev–Trinajstić information content (AvgIpc) is 2.57. The second kappa shape index (κ2) is 8.32. The molecule has 0 spiro atoms. The molecular formula is C15H30NO8PS. The Labute approximate surface area is 157 Å². The lowest BCUT2D eigenvalue weighted by molar-refractivity contribution is -0.276. The van der Waals surface area contributed by atoms with Crippen molar-refractivity contribution in [2.24, 2.45) is 11.1 Å². The fourth-order valence-electron chi connectivity index (χ4n) is 3.85. The summed E-state index contributed by atoms with van der Waals surface area (Å²) in [6.07, 6.45) is -1.49. The largest absolute Gasteiger partial charge is 0.394 e. The molecule has 9 nitrogen and oxygen atoms in total. The first-order valence-electron chi connectivity index (χ1n) is 8.42. The molecule has 0 radical (unpaired) electrons. The molecule has 1 heterocycles. The molecular weight excluding hydrogens is 385 g/mol. The van der Waals surface area contributed by atoms with E-state index >= 15 is 0 Å². The predicted molar refractivity (Wildman–Crippen MR) is 96.6 cm³/mol. The molecule has 154 valence electrons. The molecule has 1 saturated carbocycles. The van der Waals surface area contributed by atoms with Crippen molar-refractivity contribution in [3.8, 4) is 0 Å². The molecule has 0 bridgehead atoms. The summed E-state index contributed by atoms with van der Waals surface area (Å²) in [5.74, 6) is 0. The summed E-state index contributed by atoms with van der Waals surface area (Å²) in [6.45, 7) is -0.0419. The second-order valence-corrected chi connectivity index (χ2v) is 11.6. The molecule has 2 aliphatic rings. The summed E-state index contributed by atoms with van der Waals surface area (Å²) in [5, 5.41) is 19.9. The number of nitrogens with two attached hydrogens (primary N) is 1. The second-order valence-electron chi connectivity index (χ2n) is 7.64. The fraction of sp³-hybridized carbons (Fsp3) is 1.00. The maximum Gasteiger partial charge on any atom is 0.386 e. The average molecular weight is 415 g/mol. The van der Waals surface area contributed by atoms with Gasteiger partial charge in [0.25, 0.3) is 0 Å². The van der Waals surface area contributed by atoms with Gasteiger partial charge in [-0.15, -0.1) is 0 Å². The molecule has 0 amide bonds. The van der Waals surface area contributed by atoms with Crippen LogP contribution in [0.3, 0.4) is 0 Å². The van der Waals surface area contributed by atoms with E-state index in [2.05, 4.69) is 6.92 Å². The standard InChI is InChI=1S/C15H30NO8PS/c1-14(6-15(2,7-14)21-3)8-22-13-10(16)11(18)12(9(5-17)23-13)24-25(19,20)26-4/h9-13,17-18H,5-8,16H2,1-4H3,(H,19,20). The van der Waals surface area contributed by atoms with E-state index in [0.717, 1.165) is 12.8 Å². The van der Waals surface area contributed by atoms with E-state index in [0.29, 0.717) is 18.0 Å². The van der Waals surface area contributed by atoms with Gasteiger partial charge in [-0.25, -0.2) is 4.57 Å². The van der Waals surface area contributed by atoms with Gasteiger partial charge in [0.15, 0.2) is 6.29 Å². The number of hydrogen-bond donors (Lipinski definition) is 4. The van der Waals surface area contributed by atoms with E-state index in [9.17, 15) is 19.7 Å². The van der Waals surface area contributed by atoms with E-state index in [1.807, 2.05) is 6.92 Å². The third kappa shape index (κ3) is 5.00. The van der Waals surface area contributed by atoms with Gasteiger partial charge in [-0.1, -0.05) is 6.92 Å². The molecule has 6 unspecified atom stereocenters. The Bertz CT molecular complexity index is 530. The van der Waals surface area contributed by atoms with Crippen LogP contribution >= 0.6 is 18.2 Å². The van der Waals surface area contributed by atoms with Gasteiger partial charge in [-0.2, -0.15) is 0 Å².